The number of thioether (sulfide) groups is 1. The van der Waals surface area contributed by atoms with Crippen LogP contribution in [0.25, 0.3) is 0 Å². The number of fused-ring (bicyclic) bond motifs is 5. The number of alkyl halides is 1. The predicted octanol–water partition coefficient (Wildman–Crippen LogP) is 10.2. The van der Waals surface area contributed by atoms with E-state index in [0.717, 1.165) is 30.1 Å². The summed E-state index contributed by atoms with van der Waals surface area (Å²) in [5.41, 5.74) is 2.66. The van der Waals surface area contributed by atoms with Crippen LogP contribution in [-0.2, 0) is 4.79 Å². The zero-order chi connectivity index (χ0) is 25.2. The summed E-state index contributed by atoms with van der Waals surface area (Å²) < 4.78 is 0. The first-order chi connectivity index (χ1) is 16.7. The minimum atomic E-state index is -0.347. The quantitative estimate of drug-likeness (QED) is 0.162. The van der Waals surface area contributed by atoms with Gasteiger partial charge >= 0.3 is 0 Å². The lowest BCUT2D eigenvalue weighted by molar-refractivity contribution is -0.111. The molecule has 0 aromatic carbocycles. The van der Waals surface area contributed by atoms with E-state index in [2.05, 4.69) is 40.7 Å². The fraction of sp³-hybridized carbons (Fsp3) is 0.906. The second kappa shape index (κ2) is 11.8. The molecular formula is C32H53ClOS. The standard InChI is InChI=1S/C32H53ClOS/c1-6-7-8-9-10-11-12-23-14-16-27-26-15-13-24-21-25(35-30(34)29(33)22(2)3)17-19-32(24,5)28(26)18-20-31(23,27)4/h13,22-23,25-29H,6-12,14-21H2,1-5H3/t23-,25+,26-,27-,28-,29-,31-,32+/m1/s1. The Bertz CT molecular complexity index is 761. The Morgan fingerprint density at radius 2 is 1.77 bits per heavy atom. The zero-order valence-corrected chi connectivity index (χ0v) is 25.0. The van der Waals surface area contributed by atoms with Gasteiger partial charge < -0.3 is 0 Å². The van der Waals surface area contributed by atoms with E-state index in [0.29, 0.717) is 16.1 Å². The minimum absolute atomic E-state index is 0.195. The lowest BCUT2D eigenvalue weighted by atomic mass is 9.47. The third-order valence-electron chi connectivity index (χ3n) is 11.3. The van der Waals surface area contributed by atoms with Crippen LogP contribution in [0.1, 0.15) is 131 Å². The maximum Gasteiger partial charge on any atom is 0.207 e. The van der Waals surface area contributed by atoms with Crippen molar-refractivity contribution in [2.75, 3.05) is 0 Å². The van der Waals surface area contributed by atoms with Gasteiger partial charge in [-0.25, -0.2) is 0 Å². The monoisotopic (exact) mass is 520 g/mol. The Morgan fingerprint density at radius 3 is 2.51 bits per heavy atom. The number of hydrogen-bond donors (Lipinski definition) is 0. The number of unbranched alkanes of at least 4 members (excludes halogenated alkanes) is 5. The van der Waals surface area contributed by atoms with Crippen molar-refractivity contribution in [3.63, 3.8) is 0 Å². The molecule has 1 nitrogen and oxygen atoms in total. The SMILES string of the molecule is CCCCCCCC[C@@H]1CC[C@@H]2[C@H]3CC=C4C[C@@H](SC(=O)[C@H](Cl)C(C)C)CC[C@]4(C)[C@@H]3CC[C@]12C. The van der Waals surface area contributed by atoms with E-state index in [-0.39, 0.29) is 16.4 Å². The van der Waals surface area contributed by atoms with Gasteiger partial charge in [0.15, 0.2) is 0 Å². The molecule has 0 aromatic heterocycles. The van der Waals surface area contributed by atoms with Crippen LogP contribution in [0.3, 0.4) is 0 Å². The average Bonchev–Trinajstić information content (AvgIpc) is 3.17. The minimum Gasteiger partial charge on any atom is -0.286 e. The highest BCUT2D eigenvalue weighted by Gasteiger charge is 2.58. The van der Waals surface area contributed by atoms with Gasteiger partial charge in [0.05, 0.1) is 0 Å². The van der Waals surface area contributed by atoms with Gasteiger partial charge in [-0.2, -0.15) is 0 Å². The molecule has 0 aromatic rings. The Morgan fingerprint density at radius 1 is 1.03 bits per heavy atom. The van der Waals surface area contributed by atoms with E-state index in [1.54, 1.807) is 17.3 Å². The van der Waals surface area contributed by atoms with Crippen LogP contribution in [0, 0.1) is 40.4 Å². The predicted molar refractivity (Wildman–Crippen MR) is 154 cm³/mol. The second-order valence-corrected chi connectivity index (χ2v) is 15.4. The van der Waals surface area contributed by atoms with E-state index in [4.69, 9.17) is 11.6 Å². The summed E-state index contributed by atoms with van der Waals surface area (Å²) in [6.07, 6.45) is 23.4. The van der Waals surface area contributed by atoms with E-state index in [9.17, 15) is 4.79 Å². The lowest BCUT2D eigenvalue weighted by Crippen LogP contribution is -2.50. The molecule has 3 saturated carbocycles. The third-order valence-corrected chi connectivity index (χ3v) is 13.3. The van der Waals surface area contributed by atoms with Crippen molar-refractivity contribution < 1.29 is 4.79 Å². The van der Waals surface area contributed by atoms with Gasteiger partial charge in [-0.3, -0.25) is 4.79 Å². The molecule has 4 aliphatic rings. The first-order valence-corrected chi connectivity index (χ1v) is 16.6. The topological polar surface area (TPSA) is 17.1 Å². The first kappa shape index (κ1) is 28.1. The number of allylic oxidation sites excluding steroid dienone is 2. The van der Waals surface area contributed by atoms with E-state index >= 15 is 0 Å². The maximum atomic E-state index is 12.7. The van der Waals surface area contributed by atoms with E-state index in [1.807, 2.05) is 0 Å². The Hall–Kier alpha value is 0.0500. The molecule has 0 heterocycles. The van der Waals surface area contributed by atoms with Crippen molar-refractivity contribution in [2.45, 2.75) is 142 Å². The molecule has 0 radical (unpaired) electrons. The Labute approximate surface area is 226 Å². The van der Waals surface area contributed by atoms with Crippen molar-refractivity contribution >= 4 is 28.5 Å². The van der Waals surface area contributed by atoms with Gasteiger partial charge in [-0.1, -0.05) is 96.6 Å². The Balaban J connectivity index is 1.36. The first-order valence-electron chi connectivity index (χ1n) is 15.2. The highest BCUT2D eigenvalue weighted by molar-refractivity contribution is 8.14. The van der Waals surface area contributed by atoms with Crippen LogP contribution in [0.15, 0.2) is 11.6 Å². The van der Waals surface area contributed by atoms with Crippen molar-refractivity contribution in [1.29, 1.82) is 0 Å². The molecule has 0 saturated heterocycles. The number of carbonyl (C=O) groups is 1. The van der Waals surface area contributed by atoms with E-state index < -0.39 is 0 Å². The summed E-state index contributed by atoms with van der Waals surface area (Å²) in [6, 6.07) is 0. The van der Waals surface area contributed by atoms with Crippen molar-refractivity contribution in [1.82, 2.24) is 0 Å². The average molecular weight is 521 g/mol. The van der Waals surface area contributed by atoms with Crippen molar-refractivity contribution in [2.24, 2.45) is 40.4 Å². The summed E-state index contributed by atoms with van der Waals surface area (Å²) in [5, 5.41) is 0.279. The lowest BCUT2D eigenvalue weighted by Gasteiger charge is -2.58. The fourth-order valence-corrected chi connectivity index (χ4v) is 10.4. The van der Waals surface area contributed by atoms with Crippen LogP contribution in [0.4, 0.5) is 0 Å². The molecule has 3 fully saturated rings. The van der Waals surface area contributed by atoms with Crippen LogP contribution < -0.4 is 0 Å². The molecule has 8 atom stereocenters. The van der Waals surface area contributed by atoms with Crippen LogP contribution in [0.2, 0.25) is 0 Å². The highest BCUT2D eigenvalue weighted by atomic mass is 35.5. The molecular weight excluding hydrogens is 468 g/mol. The number of carbonyl (C=O) groups excluding carboxylic acids is 1. The molecule has 200 valence electrons. The fourth-order valence-electron chi connectivity index (χ4n) is 8.98. The molecule has 0 spiro atoms. The van der Waals surface area contributed by atoms with Gasteiger partial charge in [0, 0.05) is 5.25 Å². The molecule has 4 rings (SSSR count). The van der Waals surface area contributed by atoms with Crippen LogP contribution in [0.5, 0.6) is 0 Å². The molecule has 0 N–H and O–H groups in total. The maximum absolute atomic E-state index is 12.7. The molecule has 3 heteroatoms. The van der Waals surface area contributed by atoms with Gasteiger partial charge in [0.1, 0.15) is 5.38 Å². The van der Waals surface area contributed by atoms with Crippen molar-refractivity contribution in [3.05, 3.63) is 11.6 Å². The zero-order valence-electron chi connectivity index (χ0n) is 23.4. The molecule has 4 aliphatic carbocycles. The van der Waals surface area contributed by atoms with Crippen molar-refractivity contribution in [3.8, 4) is 0 Å². The number of rotatable bonds is 10. The third kappa shape index (κ3) is 5.74. The van der Waals surface area contributed by atoms with Gasteiger partial charge in [0.25, 0.3) is 0 Å². The smallest absolute Gasteiger partial charge is 0.207 e. The summed E-state index contributed by atoms with van der Waals surface area (Å²) in [5.74, 6) is 3.90. The number of halogens is 1. The molecule has 35 heavy (non-hydrogen) atoms. The molecule has 0 amide bonds. The second-order valence-electron chi connectivity index (χ2n) is 13.6. The number of hydrogen-bond acceptors (Lipinski definition) is 2. The highest BCUT2D eigenvalue weighted by Crippen LogP contribution is 2.67. The molecule has 0 aliphatic heterocycles. The summed E-state index contributed by atoms with van der Waals surface area (Å²) in [4.78, 5) is 12.7. The van der Waals surface area contributed by atoms with Gasteiger partial charge in [-0.15, -0.1) is 11.6 Å². The Kier molecular flexibility index (Phi) is 9.49. The van der Waals surface area contributed by atoms with Crippen LogP contribution in [-0.4, -0.2) is 15.7 Å². The van der Waals surface area contributed by atoms with Gasteiger partial charge in [0.2, 0.25) is 5.12 Å². The summed E-state index contributed by atoms with van der Waals surface area (Å²) >= 11 is 7.95. The molecule has 0 unspecified atom stereocenters. The normalized spacial score (nSPS) is 39.5. The molecule has 0 bridgehead atoms. The largest absolute Gasteiger partial charge is 0.286 e. The van der Waals surface area contributed by atoms with Crippen LogP contribution >= 0.6 is 23.4 Å². The summed E-state index contributed by atoms with van der Waals surface area (Å²) in [6.45, 7) is 11.7. The van der Waals surface area contributed by atoms with E-state index in [1.165, 1.54) is 89.9 Å². The van der Waals surface area contributed by atoms with Gasteiger partial charge in [-0.05, 0) is 98.2 Å². The summed E-state index contributed by atoms with van der Waals surface area (Å²) in [7, 11) is 0.